The Bertz CT molecular complexity index is 639. The van der Waals surface area contributed by atoms with E-state index in [0.29, 0.717) is 0 Å². The normalized spacial score (nSPS) is 19.3. The van der Waals surface area contributed by atoms with Crippen molar-refractivity contribution >= 4 is 33.3 Å². The zero-order chi connectivity index (χ0) is 14.1. The molecule has 0 aromatic carbocycles. The van der Waals surface area contributed by atoms with Crippen LogP contribution in [-0.4, -0.2) is 36.0 Å². The largest absolute Gasteiger partial charge is 0.359 e. The molecule has 5 nitrogen and oxygen atoms in total. The molecule has 2 aromatic heterocycles. The number of thiophene rings is 1. The van der Waals surface area contributed by atoms with Crippen LogP contribution in [0.4, 0.5) is 5.82 Å². The van der Waals surface area contributed by atoms with Crippen LogP contribution in [0.2, 0.25) is 0 Å². The van der Waals surface area contributed by atoms with Gasteiger partial charge in [-0.05, 0) is 30.7 Å². The van der Waals surface area contributed by atoms with Crippen molar-refractivity contribution in [3.05, 3.63) is 17.3 Å². The van der Waals surface area contributed by atoms with Gasteiger partial charge in [0.2, 0.25) is 5.91 Å². The number of hydrogen-bond donors (Lipinski definition) is 1. The van der Waals surface area contributed by atoms with Crippen molar-refractivity contribution in [3.8, 4) is 0 Å². The second-order valence-corrected chi connectivity index (χ2v) is 6.07. The van der Waals surface area contributed by atoms with Gasteiger partial charge in [0, 0.05) is 20.1 Å². The number of nitrogens with one attached hydrogen (secondary N) is 1. The SMILES string of the molecule is CNC(=O)C1CCCN(c2ncnc3c(C)csc23)C1. The second-order valence-electron chi connectivity index (χ2n) is 5.19. The second kappa shape index (κ2) is 5.36. The molecule has 1 amide bonds. The van der Waals surface area contributed by atoms with Crippen LogP contribution in [0.5, 0.6) is 0 Å². The number of nitrogens with zero attached hydrogens (tertiary/aromatic N) is 3. The highest BCUT2D eigenvalue weighted by Gasteiger charge is 2.27. The number of carbonyl (C=O) groups excluding carboxylic acids is 1. The van der Waals surface area contributed by atoms with Crippen LogP contribution in [0.15, 0.2) is 11.7 Å². The summed E-state index contributed by atoms with van der Waals surface area (Å²) in [4.78, 5) is 22.9. The van der Waals surface area contributed by atoms with Gasteiger partial charge in [0.1, 0.15) is 12.1 Å². The third-order valence-corrected chi connectivity index (χ3v) is 4.93. The highest BCUT2D eigenvalue weighted by Crippen LogP contribution is 2.32. The van der Waals surface area contributed by atoms with E-state index in [1.165, 1.54) is 5.56 Å². The minimum absolute atomic E-state index is 0.0554. The number of hydrogen-bond acceptors (Lipinski definition) is 5. The topological polar surface area (TPSA) is 58.1 Å². The van der Waals surface area contributed by atoms with E-state index in [0.717, 1.165) is 42.0 Å². The van der Waals surface area contributed by atoms with Gasteiger partial charge in [0.25, 0.3) is 0 Å². The summed E-state index contributed by atoms with van der Waals surface area (Å²) in [5.74, 6) is 1.16. The maximum Gasteiger partial charge on any atom is 0.224 e. The van der Waals surface area contributed by atoms with Crippen LogP contribution in [0.25, 0.3) is 10.2 Å². The first-order chi connectivity index (χ1) is 9.70. The Morgan fingerprint density at radius 1 is 1.50 bits per heavy atom. The van der Waals surface area contributed by atoms with Crippen LogP contribution in [0.3, 0.4) is 0 Å². The predicted molar refractivity (Wildman–Crippen MR) is 81.2 cm³/mol. The lowest BCUT2D eigenvalue weighted by molar-refractivity contribution is -0.124. The molecule has 1 aliphatic heterocycles. The Kier molecular flexibility index (Phi) is 3.56. The summed E-state index contributed by atoms with van der Waals surface area (Å²) >= 11 is 1.68. The molecule has 1 fully saturated rings. The van der Waals surface area contributed by atoms with Gasteiger partial charge >= 0.3 is 0 Å². The van der Waals surface area contributed by atoms with Crippen molar-refractivity contribution in [2.75, 3.05) is 25.0 Å². The number of amides is 1. The van der Waals surface area contributed by atoms with Gasteiger partial charge in [0.15, 0.2) is 0 Å². The first-order valence-electron chi connectivity index (χ1n) is 6.86. The van der Waals surface area contributed by atoms with E-state index in [1.54, 1.807) is 24.7 Å². The standard InChI is InChI=1S/C14H18N4OS/c1-9-7-20-12-11(9)16-8-17-13(12)18-5-3-4-10(6-18)14(19)15-2/h7-8,10H,3-6H2,1-2H3,(H,15,19). The zero-order valence-corrected chi connectivity index (χ0v) is 12.5. The summed E-state index contributed by atoms with van der Waals surface area (Å²) in [7, 11) is 1.70. The van der Waals surface area contributed by atoms with Crippen LogP contribution < -0.4 is 10.2 Å². The van der Waals surface area contributed by atoms with E-state index in [-0.39, 0.29) is 11.8 Å². The van der Waals surface area contributed by atoms with Gasteiger partial charge in [-0.25, -0.2) is 9.97 Å². The number of aromatic nitrogens is 2. The summed E-state index contributed by atoms with van der Waals surface area (Å²) in [5.41, 5.74) is 2.22. The minimum atomic E-state index is 0.0554. The lowest BCUT2D eigenvalue weighted by Gasteiger charge is -2.32. The molecule has 1 aliphatic rings. The fourth-order valence-corrected chi connectivity index (χ4v) is 3.79. The molecule has 3 heterocycles. The number of aryl methyl sites for hydroxylation is 1. The van der Waals surface area contributed by atoms with Crippen molar-refractivity contribution in [2.24, 2.45) is 5.92 Å². The Labute approximate surface area is 122 Å². The van der Waals surface area contributed by atoms with Crippen molar-refractivity contribution in [3.63, 3.8) is 0 Å². The van der Waals surface area contributed by atoms with Crippen LogP contribution in [0.1, 0.15) is 18.4 Å². The van der Waals surface area contributed by atoms with E-state index in [9.17, 15) is 4.79 Å². The molecule has 6 heteroatoms. The summed E-state index contributed by atoms with van der Waals surface area (Å²) in [6, 6.07) is 0. The molecule has 3 rings (SSSR count). The summed E-state index contributed by atoms with van der Waals surface area (Å²) in [5, 5.41) is 4.87. The van der Waals surface area contributed by atoms with Gasteiger partial charge in [-0.1, -0.05) is 0 Å². The number of rotatable bonds is 2. The fraction of sp³-hybridized carbons (Fsp3) is 0.500. The third kappa shape index (κ3) is 2.24. The monoisotopic (exact) mass is 290 g/mol. The number of fused-ring (bicyclic) bond motifs is 1. The van der Waals surface area contributed by atoms with Crippen molar-refractivity contribution in [2.45, 2.75) is 19.8 Å². The quantitative estimate of drug-likeness (QED) is 0.918. The molecule has 0 bridgehead atoms. The molecule has 2 aromatic rings. The molecule has 20 heavy (non-hydrogen) atoms. The van der Waals surface area contributed by atoms with Gasteiger partial charge < -0.3 is 10.2 Å². The molecule has 0 spiro atoms. The van der Waals surface area contributed by atoms with E-state index >= 15 is 0 Å². The molecule has 1 saturated heterocycles. The molecular formula is C14H18N4OS. The van der Waals surface area contributed by atoms with E-state index in [1.807, 2.05) is 0 Å². The third-order valence-electron chi connectivity index (χ3n) is 3.85. The molecule has 0 aliphatic carbocycles. The Morgan fingerprint density at radius 3 is 3.15 bits per heavy atom. The minimum Gasteiger partial charge on any atom is -0.359 e. The molecule has 1 N–H and O–H groups in total. The van der Waals surface area contributed by atoms with Crippen molar-refractivity contribution < 1.29 is 4.79 Å². The van der Waals surface area contributed by atoms with Crippen LogP contribution >= 0.6 is 11.3 Å². The zero-order valence-electron chi connectivity index (χ0n) is 11.7. The Balaban J connectivity index is 1.92. The van der Waals surface area contributed by atoms with Gasteiger partial charge in [0.05, 0.1) is 16.1 Å². The van der Waals surface area contributed by atoms with E-state index in [2.05, 4.69) is 32.5 Å². The molecule has 106 valence electrons. The molecule has 0 saturated carbocycles. The molecule has 0 radical (unpaired) electrons. The lowest BCUT2D eigenvalue weighted by Crippen LogP contribution is -2.42. The highest BCUT2D eigenvalue weighted by molar-refractivity contribution is 7.18. The summed E-state index contributed by atoms with van der Waals surface area (Å²) in [6.45, 7) is 3.76. The first-order valence-corrected chi connectivity index (χ1v) is 7.74. The maximum atomic E-state index is 11.8. The predicted octanol–water partition coefficient (Wildman–Crippen LogP) is 1.96. The number of carbonyl (C=O) groups is 1. The Morgan fingerprint density at radius 2 is 2.35 bits per heavy atom. The van der Waals surface area contributed by atoms with Crippen molar-refractivity contribution in [1.29, 1.82) is 0 Å². The van der Waals surface area contributed by atoms with Gasteiger partial charge in [-0.2, -0.15) is 0 Å². The molecule has 1 atom stereocenters. The van der Waals surface area contributed by atoms with Gasteiger partial charge in [-0.15, -0.1) is 11.3 Å². The number of anilines is 1. The maximum absolute atomic E-state index is 11.8. The summed E-state index contributed by atoms with van der Waals surface area (Å²) < 4.78 is 1.13. The Hall–Kier alpha value is -1.69. The lowest BCUT2D eigenvalue weighted by atomic mass is 9.97. The smallest absolute Gasteiger partial charge is 0.224 e. The van der Waals surface area contributed by atoms with Crippen LogP contribution in [0, 0.1) is 12.8 Å². The highest BCUT2D eigenvalue weighted by atomic mass is 32.1. The fourth-order valence-electron chi connectivity index (χ4n) is 2.77. The summed E-state index contributed by atoms with van der Waals surface area (Å²) in [6.07, 6.45) is 3.60. The van der Waals surface area contributed by atoms with Crippen LogP contribution in [-0.2, 0) is 4.79 Å². The first kappa shape index (κ1) is 13.3. The van der Waals surface area contributed by atoms with Crippen molar-refractivity contribution in [1.82, 2.24) is 15.3 Å². The van der Waals surface area contributed by atoms with E-state index in [4.69, 9.17) is 0 Å². The molecular weight excluding hydrogens is 272 g/mol. The van der Waals surface area contributed by atoms with E-state index < -0.39 is 0 Å². The average Bonchev–Trinajstić information content (AvgIpc) is 2.88. The van der Waals surface area contributed by atoms with Gasteiger partial charge in [-0.3, -0.25) is 4.79 Å². The molecule has 1 unspecified atom stereocenters. The number of piperidine rings is 1. The average molecular weight is 290 g/mol.